The van der Waals surface area contributed by atoms with E-state index in [0.717, 1.165) is 12.8 Å². The summed E-state index contributed by atoms with van der Waals surface area (Å²) in [5.74, 6) is 0.671. The topological polar surface area (TPSA) is 49.8 Å². The normalized spacial score (nSPS) is 24.8. The first kappa shape index (κ1) is 15.0. The molecule has 1 fully saturated rings. The number of carbonyl (C=O) groups is 1. The highest BCUT2D eigenvalue weighted by Crippen LogP contribution is 2.28. The van der Waals surface area contributed by atoms with Crippen molar-refractivity contribution in [3.05, 3.63) is 12.7 Å². The number of nitrogens with zero attached hydrogens (tertiary/aromatic N) is 1. The first-order valence-electron chi connectivity index (χ1n) is 6.58. The van der Waals surface area contributed by atoms with Crippen LogP contribution in [0, 0.1) is 11.8 Å². The fourth-order valence-electron chi connectivity index (χ4n) is 2.31. The lowest BCUT2D eigenvalue weighted by Crippen LogP contribution is -2.45. The Balaban J connectivity index is 2.56. The van der Waals surface area contributed by atoms with Gasteiger partial charge in [0.1, 0.15) is 5.60 Å². The molecule has 0 radical (unpaired) electrons. The molecule has 0 aromatic rings. The zero-order chi connectivity index (χ0) is 13.8. The van der Waals surface area contributed by atoms with E-state index in [1.54, 1.807) is 4.90 Å². The fraction of sp³-hybridized carbons (Fsp3) is 0.786. The van der Waals surface area contributed by atoms with Crippen LogP contribution in [0.4, 0.5) is 4.79 Å². The maximum absolute atomic E-state index is 12.0. The molecule has 0 aromatic heterocycles. The van der Waals surface area contributed by atoms with E-state index in [1.165, 1.54) is 0 Å². The molecule has 4 heteroatoms. The third-order valence-electron chi connectivity index (χ3n) is 3.26. The molecule has 1 rings (SSSR count). The summed E-state index contributed by atoms with van der Waals surface area (Å²) in [6.07, 6.45) is 3.31. The molecule has 2 atom stereocenters. The van der Waals surface area contributed by atoms with Gasteiger partial charge in [-0.3, -0.25) is 0 Å². The van der Waals surface area contributed by atoms with Crippen LogP contribution in [0.2, 0.25) is 0 Å². The second-order valence-corrected chi connectivity index (χ2v) is 5.89. The molecule has 18 heavy (non-hydrogen) atoms. The maximum Gasteiger partial charge on any atom is 0.410 e. The minimum absolute atomic E-state index is 0.196. The van der Waals surface area contributed by atoms with E-state index in [2.05, 4.69) is 6.58 Å². The number of ether oxygens (including phenoxy) is 1. The van der Waals surface area contributed by atoms with E-state index >= 15 is 0 Å². The summed E-state index contributed by atoms with van der Waals surface area (Å²) in [6.45, 7) is 11.0. The van der Waals surface area contributed by atoms with Crippen LogP contribution >= 0.6 is 0 Å². The van der Waals surface area contributed by atoms with Gasteiger partial charge in [0.15, 0.2) is 0 Å². The molecule has 1 N–H and O–H groups in total. The number of amides is 1. The summed E-state index contributed by atoms with van der Waals surface area (Å²) < 4.78 is 5.37. The highest BCUT2D eigenvalue weighted by Gasteiger charge is 2.31. The number of rotatable bonds is 3. The molecule has 104 valence electrons. The summed E-state index contributed by atoms with van der Waals surface area (Å²) in [5, 5.41) is 9.02. The Morgan fingerprint density at radius 2 is 2.22 bits per heavy atom. The van der Waals surface area contributed by atoms with Crippen LogP contribution in [0.15, 0.2) is 12.7 Å². The van der Waals surface area contributed by atoms with Crippen molar-refractivity contribution in [2.24, 2.45) is 11.8 Å². The lowest BCUT2D eigenvalue weighted by atomic mass is 9.83. The van der Waals surface area contributed by atoms with Crippen molar-refractivity contribution in [3.63, 3.8) is 0 Å². The van der Waals surface area contributed by atoms with Gasteiger partial charge in [-0.25, -0.2) is 4.79 Å². The van der Waals surface area contributed by atoms with Crippen molar-refractivity contribution in [2.75, 3.05) is 19.7 Å². The van der Waals surface area contributed by atoms with E-state index in [4.69, 9.17) is 9.84 Å². The Hall–Kier alpha value is -1.03. The largest absolute Gasteiger partial charge is 0.444 e. The second kappa shape index (κ2) is 6.23. The summed E-state index contributed by atoms with van der Waals surface area (Å²) in [7, 11) is 0. The van der Waals surface area contributed by atoms with Crippen molar-refractivity contribution in [1.82, 2.24) is 4.90 Å². The molecule has 0 aromatic carbocycles. The molecule has 0 spiro atoms. The molecule has 0 aliphatic carbocycles. The van der Waals surface area contributed by atoms with Crippen LogP contribution in [-0.4, -0.2) is 41.4 Å². The van der Waals surface area contributed by atoms with Gasteiger partial charge >= 0.3 is 6.09 Å². The standard InChI is InChI=1S/C14H25NO3/c1-5-11-10-15(8-6-12(11)7-9-16)13(17)18-14(2,3)4/h5,11-12,16H,1,6-10H2,2-4H3. The lowest BCUT2D eigenvalue weighted by Gasteiger charge is -2.37. The third kappa shape index (κ3) is 4.33. The average molecular weight is 255 g/mol. The Kier molecular flexibility index (Phi) is 5.20. The minimum atomic E-state index is -0.456. The van der Waals surface area contributed by atoms with E-state index in [1.807, 2.05) is 26.8 Å². The van der Waals surface area contributed by atoms with Crippen molar-refractivity contribution in [1.29, 1.82) is 0 Å². The lowest BCUT2D eigenvalue weighted by molar-refractivity contribution is 0.0124. The summed E-state index contributed by atoms with van der Waals surface area (Å²) in [4.78, 5) is 13.7. The van der Waals surface area contributed by atoms with E-state index < -0.39 is 5.60 Å². The van der Waals surface area contributed by atoms with Gasteiger partial charge < -0.3 is 14.7 Å². The van der Waals surface area contributed by atoms with Crippen LogP contribution in [0.1, 0.15) is 33.6 Å². The molecule has 1 aliphatic rings. The smallest absolute Gasteiger partial charge is 0.410 e. The van der Waals surface area contributed by atoms with Gasteiger partial charge in [0.25, 0.3) is 0 Å². The van der Waals surface area contributed by atoms with E-state index in [-0.39, 0.29) is 18.6 Å². The Bertz CT molecular complexity index is 296. The van der Waals surface area contributed by atoms with Crippen LogP contribution in [0.3, 0.4) is 0 Å². The molecule has 2 unspecified atom stereocenters. The molecule has 1 saturated heterocycles. The van der Waals surface area contributed by atoms with Crippen LogP contribution in [-0.2, 0) is 4.74 Å². The molecule has 0 saturated carbocycles. The molecule has 0 bridgehead atoms. The van der Waals surface area contributed by atoms with Crippen LogP contribution in [0.5, 0.6) is 0 Å². The van der Waals surface area contributed by atoms with Gasteiger partial charge in [-0.2, -0.15) is 0 Å². The molecule has 1 aliphatic heterocycles. The number of carbonyl (C=O) groups excluding carboxylic acids is 1. The SMILES string of the molecule is C=CC1CN(C(=O)OC(C)(C)C)CCC1CCO. The Morgan fingerprint density at radius 1 is 1.56 bits per heavy atom. The zero-order valence-corrected chi connectivity index (χ0v) is 11.7. The molecular formula is C14H25NO3. The second-order valence-electron chi connectivity index (χ2n) is 5.89. The van der Waals surface area contributed by atoms with E-state index in [9.17, 15) is 4.79 Å². The molecule has 1 heterocycles. The van der Waals surface area contributed by atoms with Gasteiger partial charge in [-0.05, 0) is 45.4 Å². The molecule has 4 nitrogen and oxygen atoms in total. The minimum Gasteiger partial charge on any atom is -0.444 e. The van der Waals surface area contributed by atoms with Crippen molar-refractivity contribution in [2.45, 2.75) is 39.2 Å². The summed E-state index contributed by atoms with van der Waals surface area (Å²) >= 11 is 0. The van der Waals surface area contributed by atoms with E-state index in [0.29, 0.717) is 19.0 Å². The van der Waals surface area contributed by atoms with Crippen LogP contribution < -0.4 is 0 Å². The quantitative estimate of drug-likeness (QED) is 0.788. The highest BCUT2D eigenvalue weighted by molar-refractivity contribution is 5.68. The highest BCUT2D eigenvalue weighted by atomic mass is 16.6. The monoisotopic (exact) mass is 255 g/mol. The van der Waals surface area contributed by atoms with Gasteiger partial charge in [-0.15, -0.1) is 6.58 Å². The predicted octanol–water partition coefficient (Wildman–Crippen LogP) is 2.43. The van der Waals surface area contributed by atoms with Crippen molar-refractivity contribution in [3.8, 4) is 0 Å². The van der Waals surface area contributed by atoms with Crippen molar-refractivity contribution < 1.29 is 14.6 Å². The number of likely N-dealkylation sites (tertiary alicyclic amines) is 1. The van der Waals surface area contributed by atoms with Crippen LogP contribution in [0.25, 0.3) is 0 Å². The predicted molar refractivity (Wildman–Crippen MR) is 71.3 cm³/mol. The fourth-order valence-corrected chi connectivity index (χ4v) is 2.31. The zero-order valence-electron chi connectivity index (χ0n) is 11.7. The molecule has 1 amide bonds. The number of hydrogen-bond acceptors (Lipinski definition) is 3. The summed E-state index contributed by atoms with van der Waals surface area (Å²) in [5.41, 5.74) is -0.456. The van der Waals surface area contributed by atoms with Gasteiger partial charge in [0.05, 0.1) is 0 Å². The van der Waals surface area contributed by atoms with Gasteiger partial charge in [-0.1, -0.05) is 6.08 Å². The van der Waals surface area contributed by atoms with Gasteiger partial charge in [0.2, 0.25) is 0 Å². The Labute approximate surface area is 110 Å². The molecular weight excluding hydrogens is 230 g/mol. The first-order chi connectivity index (χ1) is 8.37. The number of aliphatic hydroxyl groups excluding tert-OH is 1. The van der Waals surface area contributed by atoms with Crippen molar-refractivity contribution >= 4 is 6.09 Å². The first-order valence-corrected chi connectivity index (χ1v) is 6.58. The number of aliphatic hydroxyl groups is 1. The average Bonchev–Trinajstić information content (AvgIpc) is 2.27. The maximum atomic E-state index is 12.0. The van der Waals surface area contributed by atoms with Gasteiger partial charge in [0, 0.05) is 19.7 Å². The Morgan fingerprint density at radius 3 is 2.72 bits per heavy atom. The third-order valence-corrected chi connectivity index (χ3v) is 3.26. The summed E-state index contributed by atoms with van der Waals surface area (Å²) in [6, 6.07) is 0. The number of piperidine rings is 1. The number of hydrogen-bond donors (Lipinski definition) is 1.